The number of hydrogen-bond acceptors (Lipinski definition) is 8. The van der Waals surface area contributed by atoms with Crippen LogP contribution in [0.5, 0.6) is 5.75 Å². The number of amides is 1. The van der Waals surface area contributed by atoms with Gasteiger partial charge >= 0.3 is 12.1 Å². The highest BCUT2D eigenvalue weighted by Gasteiger charge is 2.50. The van der Waals surface area contributed by atoms with E-state index in [4.69, 9.17) is 9.47 Å². The molecule has 212 valence electrons. The Morgan fingerprint density at radius 3 is 2.38 bits per heavy atom. The van der Waals surface area contributed by atoms with Gasteiger partial charge in [-0.05, 0) is 86.2 Å². The predicted octanol–water partition coefficient (Wildman–Crippen LogP) is 4.24. The van der Waals surface area contributed by atoms with Crippen LogP contribution in [0.25, 0.3) is 10.9 Å². The van der Waals surface area contributed by atoms with Crippen molar-refractivity contribution in [2.45, 2.75) is 41.8 Å². The fourth-order valence-corrected chi connectivity index (χ4v) is 7.83. The summed E-state index contributed by atoms with van der Waals surface area (Å²) in [5.41, 5.74) is -2.74. The van der Waals surface area contributed by atoms with Gasteiger partial charge in [0.25, 0.3) is 15.9 Å². The highest BCUT2D eigenvalue weighted by molar-refractivity contribution is 9.11. The summed E-state index contributed by atoms with van der Waals surface area (Å²) in [4.78, 5) is 27.8. The van der Waals surface area contributed by atoms with Gasteiger partial charge in [-0.2, -0.15) is 21.6 Å². The van der Waals surface area contributed by atoms with E-state index in [1.54, 1.807) is 0 Å². The lowest BCUT2D eigenvalue weighted by molar-refractivity contribution is -0.214. The molecule has 1 saturated heterocycles. The van der Waals surface area contributed by atoms with Gasteiger partial charge in [0.15, 0.2) is 0 Å². The van der Waals surface area contributed by atoms with Gasteiger partial charge in [-0.15, -0.1) is 11.3 Å². The first-order chi connectivity index (χ1) is 18.2. The van der Waals surface area contributed by atoms with Gasteiger partial charge in [-0.25, -0.2) is 8.77 Å². The van der Waals surface area contributed by atoms with Crippen molar-refractivity contribution in [3.63, 3.8) is 0 Å². The van der Waals surface area contributed by atoms with Crippen molar-refractivity contribution in [2.75, 3.05) is 27.2 Å². The second-order valence-corrected chi connectivity index (χ2v) is 13.8. The van der Waals surface area contributed by atoms with E-state index in [1.165, 1.54) is 37.4 Å². The number of halogens is 4. The molecule has 1 amide bonds. The van der Waals surface area contributed by atoms with Crippen LogP contribution in [0.15, 0.2) is 44.5 Å². The molecule has 1 N–H and O–H groups in total. The van der Waals surface area contributed by atoms with Gasteiger partial charge in [-0.3, -0.25) is 4.79 Å². The number of nitrogens with one attached hydrogen (secondary N) is 1. The van der Waals surface area contributed by atoms with Gasteiger partial charge in [0.05, 0.1) is 16.4 Å². The zero-order valence-electron chi connectivity index (χ0n) is 21.0. The second-order valence-electron chi connectivity index (χ2n) is 9.26. The van der Waals surface area contributed by atoms with Crippen LogP contribution in [-0.4, -0.2) is 68.6 Å². The number of likely N-dealkylation sites (tertiary alicyclic amines) is 1. The summed E-state index contributed by atoms with van der Waals surface area (Å²) in [7, 11) is -0.996. The van der Waals surface area contributed by atoms with Crippen molar-refractivity contribution in [1.82, 2.24) is 14.2 Å². The lowest BCUT2D eigenvalue weighted by atomic mass is 9.92. The fraction of sp³-hybridized carbons (Fsp3) is 0.417. The maximum Gasteiger partial charge on any atom is 0.490 e. The average Bonchev–Trinajstić information content (AvgIpc) is 3.49. The zero-order valence-corrected chi connectivity index (χ0v) is 24.3. The Kier molecular flexibility index (Phi) is 8.09. The smallest absolute Gasteiger partial charge is 0.490 e. The van der Waals surface area contributed by atoms with Crippen LogP contribution in [0.1, 0.15) is 25.3 Å². The first-order valence-electron chi connectivity index (χ1n) is 11.7. The van der Waals surface area contributed by atoms with Crippen LogP contribution < -0.4 is 10.1 Å². The van der Waals surface area contributed by atoms with E-state index < -0.39 is 33.7 Å². The Bertz CT molecular complexity index is 1510. The molecule has 1 aromatic carbocycles. The lowest BCUT2D eigenvalue weighted by Gasteiger charge is -2.34. The number of methoxy groups -OCH3 is 1. The molecule has 1 atom stereocenters. The Morgan fingerprint density at radius 1 is 1.15 bits per heavy atom. The van der Waals surface area contributed by atoms with Crippen LogP contribution in [0.3, 0.4) is 0 Å². The summed E-state index contributed by atoms with van der Waals surface area (Å²) in [6, 6.07) is 6.78. The average molecular weight is 653 g/mol. The molecule has 0 saturated carbocycles. The molecule has 4 rings (SSSR count). The van der Waals surface area contributed by atoms with Crippen molar-refractivity contribution in [3.8, 4) is 5.75 Å². The number of carbonyl (C=O) groups is 2. The fourth-order valence-electron chi connectivity index (χ4n) is 4.36. The van der Waals surface area contributed by atoms with E-state index in [2.05, 4.69) is 21.2 Å². The number of alkyl halides is 3. The molecular weight excluding hydrogens is 627 g/mol. The Labute approximate surface area is 235 Å². The number of nitrogens with zero attached hydrogens (tertiary/aromatic N) is 2. The molecule has 39 heavy (non-hydrogen) atoms. The number of rotatable bonds is 7. The van der Waals surface area contributed by atoms with Crippen molar-refractivity contribution < 1.29 is 40.7 Å². The monoisotopic (exact) mass is 651 g/mol. The van der Waals surface area contributed by atoms with Crippen LogP contribution in [0.2, 0.25) is 0 Å². The van der Waals surface area contributed by atoms with Gasteiger partial charge in [0.1, 0.15) is 9.96 Å². The summed E-state index contributed by atoms with van der Waals surface area (Å²) in [5, 5.41) is 2.77. The SMILES string of the molecule is COc1ccc2c(c1)c(C(C)(OC(=O)C(F)(F)F)C(=O)NC1CCN(C)CC1)cn2S(=O)(=O)c1ccc(Br)s1. The highest BCUT2D eigenvalue weighted by Crippen LogP contribution is 2.39. The number of benzene rings is 1. The Balaban J connectivity index is 1.90. The van der Waals surface area contributed by atoms with E-state index in [0.717, 1.165) is 28.4 Å². The van der Waals surface area contributed by atoms with Crippen molar-refractivity contribution >= 4 is 60.1 Å². The second kappa shape index (κ2) is 10.7. The number of piperidine rings is 1. The van der Waals surface area contributed by atoms with E-state index in [9.17, 15) is 31.2 Å². The predicted molar refractivity (Wildman–Crippen MR) is 141 cm³/mol. The summed E-state index contributed by atoms with van der Waals surface area (Å²) < 4.78 is 78.8. The topological polar surface area (TPSA) is 107 Å². The Morgan fingerprint density at radius 2 is 1.82 bits per heavy atom. The zero-order chi connectivity index (χ0) is 28.8. The summed E-state index contributed by atoms with van der Waals surface area (Å²) >= 11 is 4.16. The number of esters is 1. The maximum absolute atomic E-state index is 13.6. The number of aromatic nitrogens is 1. The molecule has 1 aliphatic heterocycles. The minimum absolute atomic E-state index is 0.0525. The molecule has 0 radical (unpaired) electrons. The molecule has 1 fully saturated rings. The van der Waals surface area contributed by atoms with E-state index in [1.807, 2.05) is 11.9 Å². The molecule has 1 aliphatic rings. The molecule has 3 heterocycles. The number of ether oxygens (including phenoxy) is 2. The molecule has 0 aliphatic carbocycles. The minimum Gasteiger partial charge on any atom is -0.497 e. The minimum atomic E-state index is -5.40. The molecule has 9 nitrogen and oxygen atoms in total. The lowest BCUT2D eigenvalue weighted by Crippen LogP contribution is -2.52. The van der Waals surface area contributed by atoms with Gasteiger partial charge in [0.2, 0.25) is 5.60 Å². The quantitative estimate of drug-likeness (QED) is 0.381. The number of thiophene rings is 1. The summed E-state index contributed by atoms with van der Waals surface area (Å²) in [5.74, 6) is -3.34. The normalized spacial score (nSPS) is 17.1. The molecule has 1 unspecified atom stereocenters. The number of fused-ring (bicyclic) bond motifs is 1. The molecule has 0 bridgehead atoms. The van der Waals surface area contributed by atoms with Crippen LogP contribution >= 0.6 is 27.3 Å². The van der Waals surface area contributed by atoms with Crippen molar-refractivity contribution in [3.05, 3.63) is 45.9 Å². The highest BCUT2D eigenvalue weighted by atomic mass is 79.9. The molecule has 2 aromatic heterocycles. The third-order valence-electron chi connectivity index (χ3n) is 6.57. The standard InChI is InChI=1S/C24H25BrF3N3O6S2/c1-23(37-22(33)24(26,27)28,21(32)29-14-8-10-30(2)11-9-14)17-13-31(18-5-4-15(36-3)12-16(17)18)39(34,35)20-7-6-19(25)38-20/h4-7,12-14H,8-11H2,1-3H3,(H,29,32). The molecule has 0 spiro atoms. The summed E-state index contributed by atoms with van der Waals surface area (Å²) in [6.45, 7) is 2.32. The van der Waals surface area contributed by atoms with Crippen LogP contribution in [0.4, 0.5) is 13.2 Å². The summed E-state index contributed by atoms with van der Waals surface area (Å²) in [6.07, 6.45) is -3.32. The largest absolute Gasteiger partial charge is 0.497 e. The number of carbonyl (C=O) groups excluding carboxylic acids is 2. The maximum atomic E-state index is 13.6. The first-order valence-corrected chi connectivity index (χ1v) is 14.7. The molecule has 3 aromatic rings. The van der Waals surface area contributed by atoms with Crippen LogP contribution in [-0.2, 0) is 30.0 Å². The molecular formula is C24H25BrF3N3O6S2. The van der Waals surface area contributed by atoms with Crippen LogP contribution in [0, 0.1) is 0 Å². The third kappa shape index (κ3) is 5.81. The first kappa shape index (κ1) is 29.4. The van der Waals surface area contributed by atoms with Crippen molar-refractivity contribution in [2.24, 2.45) is 0 Å². The van der Waals surface area contributed by atoms with E-state index in [-0.39, 0.29) is 32.5 Å². The van der Waals surface area contributed by atoms with Crippen molar-refractivity contribution in [1.29, 1.82) is 0 Å². The Hall–Kier alpha value is -2.62. The van der Waals surface area contributed by atoms with Gasteiger partial charge in [0, 0.05) is 23.2 Å². The molecule has 15 heteroatoms. The van der Waals surface area contributed by atoms with Gasteiger partial charge in [-0.1, -0.05) is 0 Å². The van der Waals surface area contributed by atoms with E-state index in [0.29, 0.717) is 29.7 Å². The van der Waals surface area contributed by atoms with E-state index >= 15 is 0 Å². The van der Waals surface area contributed by atoms with Gasteiger partial charge < -0.3 is 19.7 Å². The third-order valence-corrected chi connectivity index (χ3v) is 10.3. The number of hydrogen-bond donors (Lipinski definition) is 1.